The normalized spacial score (nSPS) is 18.6. The Morgan fingerprint density at radius 3 is 2.60 bits per heavy atom. The molecular formula is C17H24N2O. The molecule has 3 nitrogen and oxygen atoms in total. The van der Waals surface area contributed by atoms with Crippen LogP contribution in [0.25, 0.3) is 0 Å². The number of unbranched alkanes of at least 4 members (excludes halogenated alkanes) is 1. The Labute approximate surface area is 121 Å². The summed E-state index contributed by atoms with van der Waals surface area (Å²) in [6.07, 6.45) is 6.82. The van der Waals surface area contributed by atoms with E-state index in [9.17, 15) is 4.79 Å². The predicted octanol–water partition coefficient (Wildman–Crippen LogP) is 4.01. The minimum atomic E-state index is 0.0459. The van der Waals surface area contributed by atoms with Crippen molar-refractivity contribution < 1.29 is 4.79 Å². The maximum Gasteiger partial charge on any atom is 0.240 e. The molecule has 0 radical (unpaired) electrons. The zero-order valence-corrected chi connectivity index (χ0v) is 12.3. The van der Waals surface area contributed by atoms with Gasteiger partial charge in [0.2, 0.25) is 5.91 Å². The Hall–Kier alpha value is -1.64. The monoisotopic (exact) mass is 272 g/mol. The molecule has 108 valence electrons. The van der Waals surface area contributed by atoms with Gasteiger partial charge in [-0.2, -0.15) is 5.10 Å². The topological polar surface area (TPSA) is 41.5 Å². The first kappa shape index (κ1) is 14.8. The average Bonchev–Trinajstić information content (AvgIpc) is 2.52. The lowest BCUT2D eigenvalue weighted by Gasteiger charge is -2.23. The highest BCUT2D eigenvalue weighted by atomic mass is 16.2. The first-order chi connectivity index (χ1) is 9.79. The molecule has 2 rings (SSSR count). The molecule has 1 fully saturated rings. The molecule has 0 aliphatic heterocycles. The summed E-state index contributed by atoms with van der Waals surface area (Å²) in [5.41, 5.74) is 5.26. The van der Waals surface area contributed by atoms with Crippen LogP contribution >= 0.6 is 0 Å². The van der Waals surface area contributed by atoms with Crippen LogP contribution < -0.4 is 5.43 Å². The maximum atomic E-state index is 11.5. The van der Waals surface area contributed by atoms with E-state index >= 15 is 0 Å². The van der Waals surface area contributed by atoms with Gasteiger partial charge in [-0.1, -0.05) is 43.7 Å². The van der Waals surface area contributed by atoms with Crippen molar-refractivity contribution in [2.24, 2.45) is 5.10 Å². The molecule has 1 aliphatic rings. The van der Waals surface area contributed by atoms with E-state index < -0.39 is 0 Å². The van der Waals surface area contributed by atoms with Crippen molar-refractivity contribution in [3.8, 4) is 0 Å². The fourth-order valence-corrected chi connectivity index (χ4v) is 2.66. The van der Waals surface area contributed by atoms with Crippen LogP contribution in [-0.2, 0) is 4.79 Å². The van der Waals surface area contributed by atoms with Gasteiger partial charge < -0.3 is 0 Å². The third-order valence-electron chi connectivity index (χ3n) is 3.93. The molecule has 20 heavy (non-hydrogen) atoms. The number of hydrazone groups is 1. The Morgan fingerprint density at radius 2 is 1.95 bits per heavy atom. The number of benzene rings is 1. The second-order valence-corrected chi connectivity index (χ2v) is 5.50. The van der Waals surface area contributed by atoms with Crippen LogP contribution in [0.4, 0.5) is 0 Å². The van der Waals surface area contributed by atoms with Crippen molar-refractivity contribution >= 4 is 11.6 Å². The van der Waals surface area contributed by atoms with Crippen LogP contribution in [0.2, 0.25) is 0 Å². The lowest BCUT2D eigenvalue weighted by molar-refractivity contribution is -0.121. The van der Waals surface area contributed by atoms with Crippen molar-refractivity contribution in [2.75, 3.05) is 0 Å². The summed E-state index contributed by atoms with van der Waals surface area (Å²) < 4.78 is 0. The molecule has 0 spiro atoms. The van der Waals surface area contributed by atoms with Crippen LogP contribution in [0.15, 0.2) is 35.4 Å². The maximum absolute atomic E-state index is 11.5. The van der Waals surface area contributed by atoms with E-state index in [1.807, 2.05) is 0 Å². The zero-order valence-electron chi connectivity index (χ0n) is 12.3. The van der Waals surface area contributed by atoms with Gasteiger partial charge in [0, 0.05) is 12.1 Å². The summed E-state index contributed by atoms with van der Waals surface area (Å²) in [5.74, 6) is 0.690. The van der Waals surface area contributed by atoms with E-state index in [0.29, 0.717) is 12.3 Å². The van der Waals surface area contributed by atoms with Gasteiger partial charge in [-0.3, -0.25) is 4.79 Å². The molecule has 0 bridgehead atoms. The minimum absolute atomic E-state index is 0.0459. The summed E-state index contributed by atoms with van der Waals surface area (Å²) in [7, 11) is 0. The van der Waals surface area contributed by atoms with Gasteiger partial charge in [0.15, 0.2) is 0 Å². The summed E-state index contributed by atoms with van der Waals surface area (Å²) >= 11 is 0. The molecule has 0 heterocycles. The van der Waals surface area contributed by atoms with Gasteiger partial charge in [0.05, 0.1) is 0 Å². The molecule has 0 unspecified atom stereocenters. The smallest absolute Gasteiger partial charge is 0.240 e. The number of hydrogen-bond acceptors (Lipinski definition) is 2. The molecule has 1 amide bonds. The lowest BCUT2D eigenvalue weighted by Crippen LogP contribution is -2.21. The highest BCUT2D eigenvalue weighted by Crippen LogP contribution is 2.31. The number of amides is 1. The highest BCUT2D eigenvalue weighted by molar-refractivity contribution is 5.87. The van der Waals surface area contributed by atoms with Gasteiger partial charge >= 0.3 is 0 Å². The molecule has 1 N–H and O–H groups in total. The summed E-state index contributed by atoms with van der Waals surface area (Å²) in [6, 6.07) is 10.7. The summed E-state index contributed by atoms with van der Waals surface area (Å²) in [4.78, 5) is 11.5. The van der Waals surface area contributed by atoms with Gasteiger partial charge in [0.1, 0.15) is 0 Å². The second kappa shape index (κ2) is 7.83. The average molecular weight is 272 g/mol. The number of carbonyl (C=O) groups excluding carboxylic acids is 1. The van der Waals surface area contributed by atoms with E-state index in [-0.39, 0.29) is 5.91 Å². The van der Waals surface area contributed by atoms with Crippen molar-refractivity contribution in [1.82, 2.24) is 5.43 Å². The Balaban J connectivity index is 1.78. The minimum Gasteiger partial charge on any atom is -0.273 e. The van der Waals surface area contributed by atoms with E-state index in [4.69, 9.17) is 0 Å². The van der Waals surface area contributed by atoms with Crippen LogP contribution in [0.3, 0.4) is 0 Å². The number of nitrogens with one attached hydrogen (secondary N) is 1. The molecule has 1 aromatic carbocycles. The van der Waals surface area contributed by atoms with Gasteiger partial charge in [-0.25, -0.2) is 5.43 Å². The summed E-state index contributed by atoms with van der Waals surface area (Å²) in [6.45, 7) is 2.09. The van der Waals surface area contributed by atoms with E-state index in [1.54, 1.807) is 0 Å². The number of rotatable bonds is 5. The molecule has 3 heteroatoms. The van der Waals surface area contributed by atoms with Crippen molar-refractivity contribution in [1.29, 1.82) is 0 Å². The fraction of sp³-hybridized carbons (Fsp3) is 0.529. The van der Waals surface area contributed by atoms with E-state index in [1.165, 1.54) is 5.56 Å². The van der Waals surface area contributed by atoms with Gasteiger partial charge in [-0.05, 0) is 43.6 Å². The van der Waals surface area contributed by atoms with Crippen LogP contribution in [0.1, 0.15) is 63.4 Å². The second-order valence-electron chi connectivity index (χ2n) is 5.50. The molecular weight excluding hydrogens is 248 g/mol. The molecule has 1 aliphatic carbocycles. The van der Waals surface area contributed by atoms with Crippen molar-refractivity contribution in [2.45, 2.75) is 57.8 Å². The van der Waals surface area contributed by atoms with Gasteiger partial charge in [0.25, 0.3) is 0 Å². The number of hydrogen-bond donors (Lipinski definition) is 1. The first-order valence-corrected chi connectivity index (χ1v) is 7.68. The zero-order chi connectivity index (χ0) is 14.2. The Morgan fingerprint density at radius 1 is 1.25 bits per heavy atom. The predicted molar refractivity (Wildman–Crippen MR) is 82.8 cm³/mol. The quantitative estimate of drug-likeness (QED) is 0.808. The van der Waals surface area contributed by atoms with E-state index in [0.717, 1.165) is 44.2 Å². The molecule has 0 saturated heterocycles. The Kier molecular flexibility index (Phi) is 5.78. The SMILES string of the molecule is CCCCC(=O)NN=C1CCC(c2ccccc2)CC1. The summed E-state index contributed by atoms with van der Waals surface area (Å²) in [5, 5.41) is 4.28. The number of nitrogens with zero attached hydrogens (tertiary/aromatic N) is 1. The van der Waals surface area contributed by atoms with Crippen molar-refractivity contribution in [3.05, 3.63) is 35.9 Å². The third kappa shape index (κ3) is 4.48. The third-order valence-corrected chi connectivity index (χ3v) is 3.93. The molecule has 1 aromatic rings. The standard InChI is InChI=1S/C17H24N2O/c1-2-3-9-17(20)19-18-16-12-10-15(11-13-16)14-7-5-4-6-8-14/h4-8,15H,2-3,9-13H2,1H3,(H,19,20). The Bertz CT molecular complexity index is 443. The molecule has 0 aromatic heterocycles. The number of carbonyl (C=O) groups is 1. The van der Waals surface area contributed by atoms with Crippen molar-refractivity contribution in [3.63, 3.8) is 0 Å². The fourth-order valence-electron chi connectivity index (χ4n) is 2.66. The largest absolute Gasteiger partial charge is 0.273 e. The van der Waals surface area contributed by atoms with Crippen LogP contribution in [0.5, 0.6) is 0 Å². The lowest BCUT2D eigenvalue weighted by atomic mass is 9.83. The van der Waals surface area contributed by atoms with Crippen LogP contribution in [-0.4, -0.2) is 11.6 Å². The van der Waals surface area contributed by atoms with E-state index in [2.05, 4.69) is 47.8 Å². The van der Waals surface area contributed by atoms with Crippen LogP contribution in [0, 0.1) is 0 Å². The first-order valence-electron chi connectivity index (χ1n) is 7.68. The molecule has 1 saturated carbocycles. The molecule has 0 atom stereocenters. The van der Waals surface area contributed by atoms with Gasteiger partial charge in [-0.15, -0.1) is 0 Å². The highest BCUT2D eigenvalue weighted by Gasteiger charge is 2.19.